The predicted octanol–water partition coefficient (Wildman–Crippen LogP) is 1.38. The highest BCUT2D eigenvalue weighted by atomic mass is 19.4. The van der Waals surface area contributed by atoms with Crippen LogP contribution in [0.3, 0.4) is 0 Å². The summed E-state index contributed by atoms with van der Waals surface area (Å²) in [5, 5.41) is 12.2. The van der Waals surface area contributed by atoms with E-state index in [1.54, 1.807) is 0 Å². The molecule has 0 saturated heterocycles. The summed E-state index contributed by atoms with van der Waals surface area (Å²) in [7, 11) is 0. The van der Waals surface area contributed by atoms with Crippen LogP contribution in [0.2, 0.25) is 0 Å². The summed E-state index contributed by atoms with van der Waals surface area (Å²) < 4.78 is 39.0. The molecule has 0 radical (unpaired) electrons. The van der Waals surface area contributed by atoms with Crippen LogP contribution in [0.25, 0.3) is 0 Å². The molecule has 2 rings (SSSR count). The Bertz CT molecular complexity index is 370. The summed E-state index contributed by atoms with van der Waals surface area (Å²) in [5.41, 5.74) is 0.177. The third-order valence-electron chi connectivity index (χ3n) is 2.59. The van der Waals surface area contributed by atoms with Gasteiger partial charge in [-0.2, -0.15) is 18.3 Å². The van der Waals surface area contributed by atoms with Crippen molar-refractivity contribution in [3.8, 4) is 0 Å². The summed E-state index contributed by atoms with van der Waals surface area (Å²) in [6.45, 7) is -0.0518. The van der Waals surface area contributed by atoms with Gasteiger partial charge in [0.2, 0.25) is 0 Å². The average molecular weight is 220 g/mol. The van der Waals surface area contributed by atoms with Crippen molar-refractivity contribution in [1.29, 1.82) is 0 Å². The van der Waals surface area contributed by atoms with E-state index < -0.39 is 11.9 Å². The van der Waals surface area contributed by atoms with Gasteiger partial charge >= 0.3 is 6.18 Å². The SMILES string of the molecule is OCCn1nc(C(F)(F)F)c2c1CCC2. The number of halogens is 3. The van der Waals surface area contributed by atoms with E-state index in [9.17, 15) is 13.2 Å². The quantitative estimate of drug-likeness (QED) is 0.817. The topological polar surface area (TPSA) is 38.0 Å². The minimum absolute atomic E-state index is 0.137. The molecule has 84 valence electrons. The Morgan fingerprint density at radius 1 is 1.33 bits per heavy atom. The number of hydrogen-bond donors (Lipinski definition) is 1. The number of hydrogen-bond acceptors (Lipinski definition) is 2. The van der Waals surface area contributed by atoms with E-state index in [1.807, 2.05) is 0 Å². The van der Waals surface area contributed by atoms with Crippen molar-refractivity contribution in [3.63, 3.8) is 0 Å². The summed E-state index contributed by atoms with van der Waals surface area (Å²) in [6.07, 6.45) is -2.58. The van der Waals surface area contributed by atoms with Crippen LogP contribution in [-0.2, 0) is 25.6 Å². The molecule has 1 aromatic heterocycles. The second-order valence-corrected chi connectivity index (χ2v) is 3.57. The van der Waals surface area contributed by atoms with Crippen LogP contribution < -0.4 is 0 Å². The van der Waals surface area contributed by atoms with Gasteiger partial charge in [-0.1, -0.05) is 0 Å². The maximum Gasteiger partial charge on any atom is 0.435 e. The largest absolute Gasteiger partial charge is 0.435 e. The Morgan fingerprint density at radius 3 is 2.67 bits per heavy atom. The Hall–Kier alpha value is -1.04. The van der Waals surface area contributed by atoms with Crippen LogP contribution in [0.5, 0.6) is 0 Å². The van der Waals surface area contributed by atoms with Crippen LogP contribution in [0.1, 0.15) is 23.4 Å². The van der Waals surface area contributed by atoms with Crippen molar-refractivity contribution >= 4 is 0 Å². The molecule has 1 aliphatic carbocycles. The fourth-order valence-corrected chi connectivity index (χ4v) is 2.02. The maximum atomic E-state index is 12.6. The zero-order chi connectivity index (χ0) is 11.1. The van der Waals surface area contributed by atoms with Gasteiger partial charge in [0.25, 0.3) is 0 Å². The van der Waals surface area contributed by atoms with Gasteiger partial charge in [0, 0.05) is 11.3 Å². The molecular formula is C9H11F3N2O. The highest BCUT2D eigenvalue weighted by molar-refractivity contribution is 5.32. The lowest BCUT2D eigenvalue weighted by Gasteiger charge is -2.04. The molecule has 0 atom stereocenters. The molecule has 1 heterocycles. The van der Waals surface area contributed by atoms with E-state index in [-0.39, 0.29) is 13.2 Å². The average Bonchev–Trinajstić information content (AvgIpc) is 2.66. The molecule has 1 aromatic rings. The number of aromatic nitrogens is 2. The molecule has 0 aliphatic heterocycles. The number of aliphatic hydroxyl groups is 1. The van der Waals surface area contributed by atoms with E-state index in [0.717, 1.165) is 6.42 Å². The summed E-state index contributed by atoms with van der Waals surface area (Å²) in [6, 6.07) is 0. The normalized spacial score (nSPS) is 15.7. The highest BCUT2D eigenvalue weighted by Gasteiger charge is 2.39. The second-order valence-electron chi connectivity index (χ2n) is 3.57. The van der Waals surface area contributed by atoms with Crippen molar-refractivity contribution in [2.45, 2.75) is 32.0 Å². The Morgan fingerprint density at radius 2 is 2.07 bits per heavy atom. The monoisotopic (exact) mass is 220 g/mol. The van der Waals surface area contributed by atoms with Gasteiger partial charge < -0.3 is 5.11 Å². The third-order valence-corrected chi connectivity index (χ3v) is 2.59. The van der Waals surface area contributed by atoms with Crippen LogP contribution >= 0.6 is 0 Å². The molecule has 0 amide bonds. The molecular weight excluding hydrogens is 209 g/mol. The van der Waals surface area contributed by atoms with Crippen molar-refractivity contribution in [2.75, 3.05) is 6.61 Å². The Labute approximate surface area is 84.5 Å². The van der Waals surface area contributed by atoms with E-state index in [0.29, 0.717) is 24.1 Å². The molecule has 3 nitrogen and oxygen atoms in total. The van der Waals surface area contributed by atoms with Gasteiger partial charge in [-0.3, -0.25) is 4.68 Å². The number of alkyl halides is 3. The number of fused-ring (bicyclic) bond motifs is 1. The van der Waals surface area contributed by atoms with Crippen molar-refractivity contribution in [1.82, 2.24) is 9.78 Å². The van der Waals surface area contributed by atoms with Crippen LogP contribution in [-0.4, -0.2) is 21.5 Å². The van der Waals surface area contributed by atoms with E-state index in [1.165, 1.54) is 4.68 Å². The van der Waals surface area contributed by atoms with Crippen LogP contribution in [0.15, 0.2) is 0 Å². The molecule has 0 unspecified atom stereocenters. The minimum atomic E-state index is -4.38. The molecule has 15 heavy (non-hydrogen) atoms. The third kappa shape index (κ3) is 1.73. The molecule has 0 bridgehead atoms. The van der Waals surface area contributed by atoms with Gasteiger partial charge in [0.15, 0.2) is 5.69 Å². The van der Waals surface area contributed by atoms with Crippen molar-refractivity contribution in [3.05, 3.63) is 17.0 Å². The maximum absolute atomic E-state index is 12.6. The molecule has 0 saturated carbocycles. The van der Waals surface area contributed by atoms with Crippen molar-refractivity contribution in [2.24, 2.45) is 0 Å². The van der Waals surface area contributed by atoms with Crippen LogP contribution in [0.4, 0.5) is 13.2 Å². The fourth-order valence-electron chi connectivity index (χ4n) is 2.02. The summed E-state index contributed by atoms with van der Waals surface area (Å²) in [5.74, 6) is 0. The lowest BCUT2D eigenvalue weighted by atomic mass is 10.2. The standard InChI is InChI=1S/C9H11F3N2O/c10-9(11,12)8-6-2-1-3-7(6)14(13-8)4-5-15/h15H,1-5H2. The zero-order valence-electron chi connectivity index (χ0n) is 8.01. The van der Waals surface area contributed by atoms with E-state index in [4.69, 9.17) is 5.11 Å². The van der Waals surface area contributed by atoms with Gasteiger partial charge in [-0.25, -0.2) is 0 Å². The first kappa shape index (κ1) is 10.5. The van der Waals surface area contributed by atoms with E-state index in [2.05, 4.69) is 5.10 Å². The molecule has 1 N–H and O–H groups in total. The second kappa shape index (κ2) is 3.52. The summed E-state index contributed by atoms with van der Waals surface area (Å²) >= 11 is 0. The predicted molar refractivity (Wildman–Crippen MR) is 46.3 cm³/mol. The molecule has 1 aliphatic rings. The van der Waals surface area contributed by atoms with Gasteiger partial charge in [0.05, 0.1) is 13.2 Å². The smallest absolute Gasteiger partial charge is 0.394 e. The van der Waals surface area contributed by atoms with Crippen molar-refractivity contribution < 1.29 is 18.3 Å². The molecule has 0 spiro atoms. The molecule has 0 aromatic carbocycles. The Balaban J connectivity index is 2.45. The fraction of sp³-hybridized carbons (Fsp3) is 0.667. The minimum Gasteiger partial charge on any atom is -0.394 e. The number of rotatable bonds is 2. The lowest BCUT2D eigenvalue weighted by Crippen LogP contribution is -2.11. The van der Waals surface area contributed by atoms with Crippen LogP contribution in [0, 0.1) is 0 Å². The lowest BCUT2D eigenvalue weighted by molar-refractivity contribution is -0.142. The number of aliphatic hydroxyl groups excluding tert-OH is 1. The first-order valence-electron chi connectivity index (χ1n) is 4.80. The zero-order valence-corrected chi connectivity index (χ0v) is 8.01. The first-order chi connectivity index (χ1) is 7.04. The van der Waals surface area contributed by atoms with Gasteiger partial charge in [-0.05, 0) is 19.3 Å². The highest BCUT2D eigenvalue weighted by Crippen LogP contribution is 2.36. The van der Waals surface area contributed by atoms with Gasteiger partial charge in [-0.15, -0.1) is 0 Å². The Kier molecular flexibility index (Phi) is 2.46. The summed E-state index contributed by atoms with van der Waals surface area (Å²) in [4.78, 5) is 0. The van der Waals surface area contributed by atoms with Gasteiger partial charge in [0.1, 0.15) is 0 Å². The molecule has 0 fully saturated rings. The molecule has 6 heteroatoms. The first-order valence-corrected chi connectivity index (χ1v) is 4.80. The number of nitrogens with zero attached hydrogens (tertiary/aromatic N) is 2. The van der Waals surface area contributed by atoms with E-state index >= 15 is 0 Å².